The van der Waals surface area contributed by atoms with Crippen LogP contribution >= 0.6 is 0 Å². The molecule has 0 unspecified atom stereocenters. The molecule has 0 aliphatic heterocycles. The van der Waals surface area contributed by atoms with Gasteiger partial charge in [0.05, 0.1) is 13.7 Å². The van der Waals surface area contributed by atoms with Gasteiger partial charge in [-0.15, -0.1) is 0 Å². The third kappa shape index (κ3) is 4.39. The largest absolute Gasteiger partial charge is 0.493 e. The summed E-state index contributed by atoms with van der Waals surface area (Å²) in [5.41, 5.74) is 1.06. The van der Waals surface area contributed by atoms with Crippen LogP contribution in [0.4, 0.5) is 0 Å². The Balaban J connectivity index is 2.71. The summed E-state index contributed by atoms with van der Waals surface area (Å²) in [6.45, 7) is 6.32. The molecule has 0 spiro atoms. The van der Waals surface area contributed by atoms with Gasteiger partial charge in [0, 0.05) is 25.8 Å². The highest BCUT2D eigenvalue weighted by Gasteiger charge is 2.09. The zero-order valence-electron chi connectivity index (χ0n) is 11.1. The molecule has 4 nitrogen and oxygen atoms in total. The van der Waals surface area contributed by atoms with Crippen molar-refractivity contribution in [2.24, 2.45) is 0 Å². The van der Waals surface area contributed by atoms with E-state index in [1.165, 1.54) is 0 Å². The molecule has 1 aromatic carbocycles. The van der Waals surface area contributed by atoms with Gasteiger partial charge in [0.1, 0.15) is 6.61 Å². The predicted octanol–water partition coefficient (Wildman–Crippen LogP) is 2.00. The Morgan fingerprint density at radius 1 is 1.33 bits per heavy atom. The van der Waals surface area contributed by atoms with E-state index >= 15 is 0 Å². The number of hydrogen-bond donors (Lipinski definition) is 1. The second-order valence-electron chi connectivity index (χ2n) is 3.72. The molecule has 1 aromatic rings. The van der Waals surface area contributed by atoms with Crippen LogP contribution in [0.1, 0.15) is 5.56 Å². The van der Waals surface area contributed by atoms with E-state index in [1.54, 1.807) is 20.3 Å². The van der Waals surface area contributed by atoms with Crippen molar-refractivity contribution < 1.29 is 14.2 Å². The average molecular weight is 251 g/mol. The summed E-state index contributed by atoms with van der Waals surface area (Å²) >= 11 is 0. The minimum absolute atomic E-state index is 0.464. The molecule has 1 rings (SSSR count). The lowest BCUT2D eigenvalue weighted by Gasteiger charge is -2.14. The van der Waals surface area contributed by atoms with E-state index in [1.807, 2.05) is 18.2 Å². The Morgan fingerprint density at radius 2 is 2.17 bits per heavy atom. The van der Waals surface area contributed by atoms with Crippen molar-refractivity contribution >= 4 is 0 Å². The first kappa shape index (κ1) is 14.5. The average Bonchev–Trinajstić information content (AvgIpc) is 2.41. The second kappa shape index (κ2) is 8.55. The molecule has 100 valence electrons. The van der Waals surface area contributed by atoms with Crippen LogP contribution in [0.3, 0.4) is 0 Å². The first-order valence-corrected chi connectivity index (χ1v) is 5.92. The van der Waals surface area contributed by atoms with E-state index in [9.17, 15) is 0 Å². The number of hydrogen-bond acceptors (Lipinski definition) is 4. The Morgan fingerprint density at radius 3 is 2.83 bits per heavy atom. The van der Waals surface area contributed by atoms with Gasteiger partial charge >= 0.3 is 0 Å². The smallest absolute Gasteiger partial charge is 0.166 e. The van der Waals surface area contributed by atoms with Gasteiger partial charge in [-0.2, -0.15) is 0 Å². The van der Waals surface area contributed by atoms with Crippen molar-refractivity contribution in [3.05, 3.63) is 36.4 Å². The van der Waals surface area contributed by atoms with E-state index in [2.05, 4.69) is 11.9 Å². The standard InChI is InChI=1S/C14H21NO3/c1-4-9-18-14-12(11-15-8-10-16-2)6-5-7-13(14)17-3/h4-7,15H,1,8-11H2,2-3H3. The molecule has 0 radical (unpaired) electrons. The highest BCUT2D eigenvalue weighted by atomic mass is 16.5. The molecule has 18 heavy (non-hydrogen) atoms. The molecule has 0 aromatic heterocycles. The molecule has 0 amide bonds. The number of rotatable bonds is 9. The van der Waals surface area contributed by atoms with E-state index < -0.39 is 0 Å². The fourth-order valence-corrected chi connectivity index (χ4v) is 1.56. The third-order valence-electron chi connectivity index (χ3n) is 2.42. The number of ether oxygens (including phenoxy) is 3. The van der Waals surface area contributed by atoms with Gasteiger partial charge in [-0.1, -0.05) is 24.8 Å². The van der Waals surface area contributed by atoms with Crippen molar-refractivity contribution in [2.75, 3.05) is 34.0 Å². The van der Waals surface area contributed by atoms with E-state index in [0.717, 1.165) is 23.6 Å². The van der Waals surface area contributed by atoms with Crippen molar-refractivity contribution in [1.82, 2.24) is 5.32 Å². The van der Waals surface area contributed by atoms with Crippen molar-refractivity contribution in [2.45, 2.75) is 6.54 Å². The van der Waals surface area contributed by atoms with Crippen molar-refractivity contribution in [1.29, 1.82) is 0 Å². The monoisotopic (exact) mass is 251 g/mol. The van der Waals surface area contributed by atoms with Gasteiger partial charge in [0.25, 0.3) is 0 Å². The fraction of sp³-hybridized carbons (Fsp3) is 0.429. The molecule has 1 N–H and O–H groups in total. The predicted molar refractivity (Wildman–Crippen MR) is 72.3 cm³/mol. The van der Waals surface area contributed by atoms with E-state index in [4.69, 9.17) is 14.2 Å². The van der Waals surface area contributed by atoms with Gasteiger partial charge in [-0.05, 0) is 6.07 Å². The maximum atomic E-state index is 5.65. The molecule has 4 heteroatoms. The van der Waals surface area contributed by atoms with Gasteiger partial charge in [0.2, 0.25) is 0 Å². The van der Waals surface area contributed by atoms with Crippen LogP contribution in [0.15, 0.2) is 30.9 Å². The van der Waals surface area contributed by atoms with Crippen molar-refractivity contribution in [3.8, 4) is 11.5 Å². The molecular formula is C14H21NO3. The molecule has 0 saturated heterocycles. The lowest BCUT2D eigenvalue weighted by atomic mass is 10.2. The Labute approximate surface area is 109 Å². The molecule has 0 saturated carbocycles. The van der Waals surface area contributed by atoms with Crippen LogP contribution in [0, 0.1) is 0 Å². The lowest BCUT2D eigenvalue weighted by molar-refractivity contribution is 0.199. The fourth-order valence-electron chi connectivity index (χ4n) is 1.56. The topological polar surface area (TPSA) is 39.7 Å². The first-order valence-electron chi connectivity index (χ1n) is 5.92. The molecule has 0 atom stereocenters. The van der Waals surface area contributed by atoms with Crippen LogP contribution in [0.25, 0.3) is 0 Å². The van der Waals surface area contributed by atoms with E-state index in [-0.39, 0.29) is 0 Å². The second-order valence-corrected chi connectivity index (χ2v) is 3.72. The zero-order chi connectivity index (χ0) is 13.2. The minimum Gasteiger partial charge on any atom is -0.493 e. The number of nitrogens with one attached hydrogen (secondary N) is 1. The normalized spacial score (nSPS) is 10.1. The summed E-state index contributed by atoms with van der Waals surface area (Å²) in [5.74, 6) is 1.51. The highest BCUT2D eigenvalue weighted by Crippen LogP contribution is 2.30. The molecule has 0 fully saturated rings. The first-order chi connectivity index (χ1) is 8.83. The summed E-state index contributed by atoms with van der Waals surface area (Å²) in [6.07, 6.45) is 1.72. The lowest BCUT2D eigenvalue weighted by Crippen LogP contribution is -2.19. The summed E-state index contributed by atoms with van der Waals surface area (Å²) in [4.78, 5) is 0. The molecule has 0 aliphatic carbocycles. The molecule has 0 heterocycles. The number of para-hydroxylation sites is 1. The van der Waals surface area contributed by atoms with Gasteiger partial charge in [-0.25, -0.2) is 0 Å². The molecule has 0 aliphatic rings. The van der Waals surface area contributed by atoms with Crippen molar-refractivity contribution in [3.63, 3.8) is 0 Å². The quantitative estimate of drug-likeness (QED) is 0.538. The maximum absolute atomic E-state index is 5.65. The zero-order valence-corrected chi connectivity index (χ0v) is 11.1. The van der Waals surface area contributed by atoms with Gasteiger partial charge in [-0.3, -0.25) is 0 Å². The Hall–Kier alpha value is -1.52. The Bertz CT molecular complexity index is 366. The number of methoxy groups -OCH3 is 2. The van der Waals surface area contributed by atoms with Crippen LogP contribution in [-0.4, -0.2) is 34.0 Å². The SMILES string of the molecule is C=CCOc1c(CNCCOC)cccc1OC. The molecule has 0 bridgehead atoms. The maximum Gasteiger partial charge on any atom is 0.166 e. The molecular weight excluding hydrogens is 230 g/mol. The van der Waals surface area contributed by atoms with Crippen LogP contribution in [-0.2, 0) is 11.3 Å². The van der Waals surface area contributed by atoms with Gasteiger partial charge < -0.3 is 19.5 Å². The minimum atomic E-state index is 0.464. The summed E-state index contributed by atoms with van der Waals surface area (Å²) in [7, 11) is 3.32. The van der Waals surface area contributed by atoms with Gasteiger partial charge in [0.15, 0.2) is 11.5 Å². The van der Waals surface area contributed by atoms with Crippen LogP contribution in [0.5, 0.6) is 11.5 Å². The highest BCUT2D eigenvalue weighted by molar-refractivity contribution is 5.46. The van der Waals surface area contributed by atoms with E-state index in [0.29, 0.717) is 19.8 Å². The van der Waals surface area contributed by atoms with Crippen LogP contribution < -0.4 is 14.8 Å². The third-order valence-corrected chi connectivity index (χ3v) is 2.42. The summed E-state index contributed by atoms with van der Waals surface area (Å²) in [6, 6.07) is 5.85. The Kier molecular flexibility index (Phi) is 6.91. The summed E-state index contributed by atoms with van der Waals surface area (Å²) in [5, 5.41) is 3.28. The summed E-state index contributed by atoms with van der Waals surface area (Å²) < 4.78 is 15.9. The number of benzene rings is 1. The van der Waals surface area contributed by atoms with Crippen LogP contribution in [0.2, 0.25) is 0 Å².